The Kier molecular flexibility index (Phi) is 5.59. The van der Waals surface area contributed by atoms with Gasteiger partial charge < -0.3 is 0 Å². The molecule has 0 amide bonds. The Labute approximate surface area is 88.2 Å². The molecule has 14 heavy (non-hydrogen) atoms. The molecule has 0 spiro atoms. The van der Waals surface area contributed by atoms with Gasteiger partial charge in [-0.2, -0.15) is 0 Å². The lowest BCUT2D eigenvalue weighted by Crippen LogP contribution is -2.45. The van der Waals surface area contributed by atoms with E-state index in [-0.39, 0.29) is 11.1 Å². The standard InChI is InChI=1S/C10H22N4/c1-9(2,3)11-7-13-14-8-12-10(4,5)6/h11-14H,1-6H3. The van der Waals surface area contributed by atoms with Crippen LogP contribution in [-0.4, -0.2) is 11.1 Å². The lowest BCUT2D eigenvalue weighted by atomic mass is 10.1. The second-order valence-electron chi connectivity index (χ2n) is 5.25. The number of hydrogen-bond donors (Lipinski definition) is 4. The normalized spacial score (nSPS) is 13.3. The van der Waals surface area contributed by atoms with Gasteiger partial charge in [-0.3, -0.25) is 10.6 Å². The third-order valence-electron chi connectivity index (χ3n) is 1.06. The molecule has 0 rings (SSSR count). The van der Waals surface area contributed by atoms with Crippen LogP contribution in [-0.2, 0) is 0 Å². The molecule has 0 aliphatic heterocycles. The Hall–Kier alpha value is -0.160. The zero-order chi connectivity index (χ0) is 11.2. The van der Waals surface area contributed by atoms with Gasteiger partial charge in [-0.25, -0.2) is 10.9 Å². The van der Waals surface area contributed by atoms with Gasteiger partial charge in [-0.15, -0.1) is 0 Å². The first-order chi connectivity index (χ1) is 6.21. The molecule has 0 heterocycles. The summed E-state index contributed by atoms with van der Waals surface area (Å²) in [7, 11) is 0. The van der Waals surface area contributed by atoms with E-state index in [9.17, 15) is 0 Å². The van der Waals surface area contributed by atoms with Crippen molar-refractivity contribution in [3.8, 4) is 0 Å². The summed E-state index contributed by atoms with van der Waals surface area (Å²) in [6.45, 7) is 17.9. The van der Waals surface area contributed by atoms with Crippen LogP contribution in [0.1, 0.15) is 41.5 Å². The first-order valence-electron chi connectivity index (χ1n) is 4.75. The fourth-order valence-corrected chi connectivity index (χ4v) is 0.500. The maximum atomic E-state index is 3.03. The van der Waals surface area contributed by atoms with Gasteiger partial charge in [0.2, 0.25) is 0 Å². The third kappa shape index (κ3) is 11.8. The minimum Gasteiger partial charge on any atom is -0.288 e. The fraction of sp³-hybridized carbons (Fsp3) is 0.800. The monoisotopic (exact) mass is 198 g/mol. The second kappa shape index (κ2) is 5.66. The molecule has 0 aliphatic rings. The van der Waals surface area contributed by atoms with Crippen LogP contribution < -0.4 is 21.5 Å². The Morgan fingerprint density at radius 3 is 1.14 bits per heavy atom. The predicted octanol–water partition coefficient (Wildman–Crippen LogP) is 0.849. The van der Waals surface area contributed by atoms with Crippen molar-refractivity contribution in [1.29, 1.82) is 0 Å². The summed E-state index contributed by atoms with van der Waals surface area (Å²) in [4.78, 5) is 0. The molecule has 0 saturated carbocycles. The van der Waals surface area contributed by atoms with Crippen LogP contribution in [0.5, 0.6) is 0 Å². The molecule has 0 unspecified atom stereocenters. The Morgan fingerprint density at radius 1 is 0.643 bits per heavy atom. The summed E-state index contributed by atoms with van der Waals surface area (Å²) in [6.07, 6.45) is 0. The third-order valence-corrected chi connectivity index (χ3v) is 1.06. The minimum atomic E-state index is 0.0200. The van der Waals surface area contributed by atoms with E-state index >= 15 is 0 Å². The molecule has 4 N–H and O–H groups in total. The van der Waals surface area contributed by atoms with Crippen LogP contribution >= 0.6 is 0 Å². The molecule has 0 aromatic rings. The van der Waals surface area contributed by atoms with Gasteiger partial charge in [0, 0.05) is 11.1 Å². The van der Waals surface area contributed by atoms with Crippen molar-refractivity contribution in [3.63, 3.8) is 0 Å². The molecule has 82 valence electrons. The van der Waals surface area contributed by atoms with Crippen LogP contribution in [0.15, 0.2) is 0 Å². The molecular weight excluding hydrogens is 176 g/mol. The van der Waals surface area contributed by atoms with Crippen LogP contribution in [0.2, 0.25) is 0 Å². The Morgan fingerprint density at radius 2 is 0.929 bits per heavy atom. The van der Waals surface area contributed by atoms with Crippen LogP contribution in [0.4, 0.5) is 0 Å². The molecule has 0 saturated heterocycles. The van der Waals surface area contributed by atoms with Gasteiger partial charge in [0.25, 0.3) is 0 Å². The highest BCUT2D eigenvalue weighted by molar-refractivity contribution is 4.76. The quantitative estimate of drug-likeness (QED) is 0.300. The molecule has 0 aromatic carbocycles. The molecule has 4 radical (unpaired) electrons. The smallest absolute Gasteiger partial charge is 0.155 e. The molecule has 0 aromatic heterocycles. The highest BCUT2D eigenvalue weighted by atomic mass is 15.4. The van der Waals surface area contributed by atoms with E-state index < -0.39 is 0 Å². The average molecular weight is 198 g/mol. The Bertz CT molecular complexity index is 125. The van der Waals surface area contributed by atoms with E-state index in [0.29, 0.717) is 0 Å². The van der Waals surface area contributed by atoms with Crippen LogP contribution in [0.3, 0.4) is 0 Å². The van der Waals surface area contributed by atoms with E-state index in [0.717, 1.165) is 0 Å². The van der Waals surface area contributed by atoms with Crippen LogP contribution in [0, 0.1) is 13.3 Å². The van der Waals surface area contributed by atoms with E-state index in [1.54, 1.807) is 0 Å². The average Bonchev–Trinajstić information content (AvgIpc) is 1.92. The highest BCUT2D eigenvalue weighted by Gasteiger charge is 2.09. The Balaban J connectivity index is 3.23. The molecule has 0 atom stereocenters. The van der Waals surface area contributed by atoms with Gasteiger partial charge in [0.15, 0.2) is 13.3 Å². The second-order valence-corrected chi connectivity index (χ2v) is 5.25. The van der Waals surface area contributed by atoms with E-state index in [2.05, 4.69) is 76.4 Å². The van der Waals surface area contributed by atoms with Gasteiger partial charge in [-0.1, -0.05) is 0 Å². The summed E-state index contributed by atoms with van der Waals surface area (Å²) in [5.41, 5.74) is 5.50. The zero-order valence-corrected chi connectivity index (χ0v) is 10.0. The van der Waals surface area contributed by atoms with E-state index in [1.165, 1.54) is 0 Å². The molecule has 4 nitrogen and oxygen atoms in total. The highest BCUT2D eigenvalue weighted by Crippen LogP contribution is 1.98. The topological polar surface area (TPSA) is 48.1 Å². The number of rotatable bonds is 5. The summed E-state index contributed by atoms with van der Waals surface area (Å²) in [5, 5.41) is 6.06. The first kappa shape index (κ1) is 13.8. The van der Waals surface area contributed by atoms with Crippen molar-refractivity contribution in [1.82, 2.24) is 21.5 Å². The summed E-state index contributed by atoms with van der Waals surface area (Å²) in [5.74, 6) is 0. The molecule has 0 fully saturated rings. The summed E-state index contributed by atoms with van der Waals surface area (Å²) in [6, 6.07) is 0. The SMILES string of the molecule is CC(C)(C)N[C]NN[C]NC(C)(C)C. The molecule has 0 aliphatic carbocycles. The van der Waals surface area contributed by atoms with E-state index in [4.69, 9.17) is 0 Å². The maximum Gasteiger partial charge on any atom is 0.155 e. The summed E-state index contributed by atoms with van der Waals surface area (Å²) >= 11 is 0. The first-order valence-corrected chi connectivity index (χ1v) is 4.75. The van der Waals surface area contributed by atoms with Gasteiger partial charge in [0.05, 0.1) is 0 Å². The van der Waals surface area contributed by atoms with Crippen molar-refractivity contribution < 1.29 is 0 Å². The van der Waals surface area contributed by atoms with Crippen molar-refractivity contribution in [2.75, 3.05) is 0 Å². The van der Waals surface area contributed by atoms with Crippen molar-refractivity contribution in [3.05, 3.63) is 13.3 Å². The zero-order valence-electron chi connectivity index (χ0n) is 10.0. The maximum absolute atomic E-state index is 3.03. The van der Waals surface area contributed by atoms with Gasteiger partial charge in [-0.05, 0) is 41.5 Å². The lowest BCUT2D eigenvalue weighted by molar-refractivity contribution is 0.406. The van der Waals surface area contributed by atoms with Crippen molar-refractivity contribution in [2.45, 2.75) is 52.6 Å². The number of hydrogen-bond acceptors (Lipinski definition) is 4. The summed E-state index contributed by atoms with van der Waals surface area (Å²) < 4.78 is 0. The van der Waals surface area contributed by atoms with Crippen molar-refractivity contribution in [2.24, 2.45) is 0 Å². The van der Waals surface area contributed by atoms with Crippen LogP contribution in [0.25, 0.3) is 0 Å². The minimum absolute atomic E-state index is 0.0200. The fourth-order valence-electron chi connectivity index (χ4n) is 0.500. The van der Waals surface area contributed by atoms with Crippen molar-refractivity contribution >= 4 is 0 Å². The lowest BCUT2D eigenvalue weighted by Gasteiger charge is -2.21. The predicted molar refractivity (Wildman–Crippen MR) is 58.5 cm³/mol. The van der Waals surface area contributed by atoms with E-state index in [1.807, 2.05) is 0 Å². The van der Waals surface area contributed by atoms with Gasteiger partial charge in [0.1, 0.15) is 0 Å². The molecule has 4 heteroatoms. The molecular formula is C10H22N4. The number of hydrazine groups is 1. The largest absolute Gasteiger partial charge is 0.288 e. The van der Waals surface area contributed by atoms with Gasteiger partial charge >= 0.3 is 0 Å². The molecule has 0 bridgehead atoms. The number of nitrogens with one attached hydrogen (secondary N) is 4.